The van der Waals surface area contributed by atoms with E-state index in [1.165, 1.54) is 36.8 Å². The molecule has 7 nitrogen and oxygen atoms in total. The number of pyridine rings is 2. The number of ketones is 1. The zero-order valence-electron chi connectivity index (χ0n) is 17.7. The largest absolute Gasteiger partial charge is 0.494 e. The van der Waals surface area contributed by atoms with Gasteiger partial charge in [0.15, 0.2) is 5.78 Å². The van der Waals surface area contributed by atoms with Crippen LogP contribution in [0.2, 0.25) is 5.02 Å². The second-order valence-electron chi connectivity index (χ2n) is 7.23. The van der Waals surface area contributed by atoms with Crippen LogP contribution in [0.1, 0.15) is 22.8 Å². The third-order valence-corrected chi connectivity index (χ3v) is 5.23. The van der Waals surface area contributed by atoms with Crippen LogP contribution in [0.25, 0.3) is 10.9 Å². The van der Waals surface area contributed by atoms with Gasteiger partial charge in [0, 0.05) is 40.3 Å². The maximum Gasteiger partial charge on any atom is 0.244 e. The molecule has 0 saturated carbocycles. The van der Waals surface area contributed by atoms with Gasteiger partial charge in [0.05, 0.1) is 17.7 Å². The van der Waals surface area contributed by atoms with Gasteiger partial charge in [-0.1, -0.05) is 11.6 Å². The van der Waals surface area contributed by atoms with Gasteiger partial charge >= 0.3 is 0 Å². The molecule has 0 bridgehead atoms. The lowest BCUT2D eigenvalue weighted by atomic mass is 10.0. The molecule has 33 heavy (non-hydrogen) atoms. The molecule has 1 N–H and O–H groups in total. The molecule has 2 heterocycles. The van der Waals surface area contributed by atoms with Gasteiger partial charge in [-0.2, -0.15) is 0 Å². The second-order valence-corrected chi connectivity index (χ2v) is 7.67. The number of hydrogen-bond acceptors (Lipinski definition) is 5. The van der Waals surface area contributed by atoms with Crippen molar-refractivity contribution in [2.24, 2.45) is 0 Å². The van der Waals surface area contributed by atoms with Crippen LogP contribution in [-0.4, -0.2) is 27.8 Å². The minimum absolute atomic E-state index is 0.0511. The number of carbonyl (C=O) groups excluding carboxylic acids is 2. The fraction of sp³-hybridized carbons (Fsp3) is 0.120. The molecule has 4 aromatic rings. The molecule has 1 amide bonds. The topological polar surface area (TPSA) is 90.3 Å². The summed E-state index contributed by atoms with van der Waals surface area (Å²) in [5, 5.41) is 3.44. The Hall–Kier alpha value is -3.97. The smallest absolute Gasteiger partial charge is 0.244 e. The SMILES string of the molecule is CCOc1ccc(NC(=O)Cn2cc(C(=O)c3ccncc3)c(=O)c3cc(Cl)ccc32)cc1. The second kappa shape index (κ2) is 9.67. The normalized spacial score (nSPS) is 10.7. The number of carbonyl (C=O) groups is 2. The number of rotatable bonds is 7. The first-order valence-corrected chi connectivity index (χ1v) is 10.6. The van der Waals surface area contributed by atoms with E-state index in [9.17, 15) is 14.4 Å². The number of fused-ring (bicyclic) bond motifs is 1. The van der Waals surface area contributed by atoms with Crippen molar-refractivity contribution in [2.75, 3.05) is 11.9 Å². The standard InChI is InChI=1S/C25H20ClN3O4/c1-2-33-19-6-4-18(5-7-19)28-23(30)15-29-14-21(24(31)16-9-11-27-12-10-16)25(32)20-13-17(26)3-8-22(20)29/h3-14H,2,15H2,1H3,(H,28,30). The fourth-order valence-electron chi connectivity index (χ4n) is 3.48. The minimum atomic E-state index is -0.454. The molecule has 0 aliphatic rings. The molecule has 0 unspecified atom stereocenters. The summed E-state index contributed by atoms with van der Waals surface area (Å²) in [4.78, 5) is 42.8. The van der Waals surface area contributed by atoms with E-state index in [4.69, 9.17) is 16.3 Å². The van der Waals surface area contributed by atoms with Gasteiger partial charge in [-0.3, -0.25) is 19.4 Å². The predicted molar refractivity (Wildman–Crippen MR) is 127 cm³/mol. The Balaban J connectivity index is 1.69. The summed E-state index contributed by atoms with van der Waals surface area (Å²) in [7, 11) is 0. The lowest BCUT2D eigenvalue weighted by Gasteiger charge is -2.14. The molecular formula is C25H20ClN3O4. The summed E-state index contributed by atoms with van der Waals surface area (Å²) in [6, 6.07) is 14.9. The van der Waals surface area contributed by atoms with Gasteiger partial charge in [-0.25, -0.2) is 0 Å². The minimum Gasteiger partial charge on any atom is -0.494 e. The van der Waals surface area contributed by atoms with Gasteiger partial charge in [0.1, 0.15) is 12.3 Å². The lowest BCUT2D eigenvalue weighted by molar-refractivity contribution is -0.116. The number of nitrogens with zero attached hydrogens (tertiary/aromatic N) is 2. The van der Waals surface area contributed by atoms with Crippen LogP contribution >= 0.6 is 11.6 Å². The van der Waals surface area contributed by atoms with Crippen molar-refractivity contribution in [3.05, 3.63) is 99.6 Å². The number of aromatic nitrogens is 2. The first-order chi connectivity index (χ1) is 16.0. The number of halogens is 1. The molecule has 0 spiro atoms. The van der Waals surface area contributed by atoms with E-state index in [0.29, 0.717) is 34.1 Å². The van der Waals surface area contributed by atoms with E-state index in [1.54, 1.807) is 41.0 Å². The summed E-state index contributed by atoms with van der Waals surface area (Å²) in [6.07, 6.45) is 4.38. The van der Waals surface area contributed by atoms with E-state index in [2.05, 4.69) is 10.3 Å². The molecular weight excluding hydrogens is 442 g/mol. The molecule has 0 radical (unpaired) electrons. The highest BCUT2D eigenvalue weighted by atomic mass is 35.5. The van der Waals surface area contributed by atoms with Gasteiger partial charge in [0.25, 0.3) is 0 Å². The first kappa shape index (κ1) is 22.2. The predicted octanol–water partition coefficient (Wildman–Crippen LogP) is 4.32. The third-order valence-electron chi connectivity index (χ3n) is 4.99. The van der Waals surface area contributed by atoms with E-state index in [1.807, 2.05) is 6.92 Å². The molecule has 8 heteroatoms. The number of nitrogens with one attached hydrogen (secondary N) is 1. The Kier molecular flexibility index (Phi) is 6.51. The van der Waals surface area contributed by atoms with E-state index in [0.717, 1.165) is 0 Å². The molecule has 0 fully saturated rings. The average molecular weight is 462 g/mol. The zero-order valence-corrected chi connectivity index (χ0v) is 18.5. The van der Waals surface area contributed by atoms with Crippen molar-refractivity contribution in [3.63, 3.8) is 0 Å². The van der Waals surface area contributed by atoms with Crippen LogP contribution in [0.3, 0.4) is 0 Å². The third kappa shape index (κ3) is 4.94. The number of ether oxygens (including phenoxy) is 1. The Labute approximate surface area is 194 Å². The Bertz CT molecular complexity index is 1380. The van der Waals surface area contributed by atoms with Crippen molar-refractivity contribution in [3.8, 4) is 5.75 Å². The summed E-state index contributed by atoms with van der Waals surface area (Å²) >= 11 is 6.11. The highest BCUT2D eigenvalue weighted by Gasteiger charge is 2.18. The fourth-order valence-corrected chi connectivity index (χ4v) is 3.65. The Morgan fingerprint density at radius 2 is 1.79 bits per heavy atom. The molecule has 0 aliphatic carbocycles. The van der Waals surface area contributed by atoms with Gasteiger partial charge in [0.2, 0.25) is 11.3 Å². The Morgan fingerprint density at radius 1 is 1.06 bits per heavy atom. The molecule has 0 atom stereocenters. The molecule has 2 aromatic carbocycles. The van der Waals surface area contributed by atoms with Gasteiger partial charge in [-0.15, -0.1) is 0 Å². The number of amides is 1. The summed E-state index contributed by atoms with van der Waals surface area (Å²) in [6.45, 7) is 2.34. The maximum atomic E-state index is 13.1. The monoisotopic (exact) mass is 461 g/mol. The summed E-state index contributed by atoms with van der Waals surface area (Å²) < 4.78 is 6.98. The summed E-state index contributed by atoms with van der Waals surface area (Å²) in [5.74, 6) is -0.0654. The summed E-state index contributed by atoms with van der Waals surface area (Å²) in [5.41, 5.74) is 0.929. The van der Waals surface area contributed by atoms with Crippen LogP contribution in [0, 0.1) is 0 Å². The molecule has 2 aromatic heterocycles. The number of hydrogen-bond donors (Lipinski definition) is 1. The van der Waals surface area contributed by atoms with Gasteiger partial charge in [-0.05, 0) is 61.5 Å². The molecule has 4 rings (SSSR count). The van der Waals surface area contributed by atoms with Crippen molar-refractivity contribution >= 4 is 39.9 Å². The molecule has 0 aliphatic heterocycles. The van der Waals surface area contributed by atoms with Crippen LogP contribution in [0.4, 0.5) is 5.69 Å². The Morgan fingerprint density at radius 3 is 2.48 bits per heavy atom. The quantitative estimate of drug-likeness (QED) is 0.414. The van der Waals surface area contributed by atoms with Crippen LogP contribution < -0.4 is 15.5 Å². The zero-order chi connectivity index (χ0) is 23.4. The van der Waals surface area contributed by atoms with Crippen molar-refractivity contribution in [1.82, 2.24) is 9.55 Å². The van der Waals surface area contributed by atoms with Crippen molar-refractivity contribution < 1.29 is 14.3 Å². The average Bonchev–Trinajstić information content (AvgIpc) is 2.82. The van der Waals surface area contributed by atoms with Crippen molar-refractivity contribution in [2.45, 2.75) is 13.5 Å². The molecule has 166 valence electrons. The van der Waals surface area contributed by atoms with Crippen molar-refractivity contribution in [1.29, 1.82) is 0 Å². The number of anilines is 1. The highest BCUT2D eigenvalue weighted by molar-refractivity contribution is 6.31. The highest BCUT2D eigenvalue weighted by Crippen LogP contribution is 2.20. The lowest BCUT2D eigenvalue weighted by Crippen LogP contribution is -2.24. The van der Waals surface area contributed by atoms with Crippen LogP contribution in [0.15, 0.2) is 78.0 Å². The van der Waals surface area contributed by atoms with Crippen LogP contribution in [0.5, 0.6) is 5.75 Å². The number of benzene rings is 2. The van der Waals surface area contributed by atoms with E-state index in [-0.39, 0.29) is 23.4 Å². The first-order valence-electron chi connectivity index (χ1n) is 10.3. The molecule has 0 saturated heterocycles. The van der Waals surface area contributed by atoms with E-state index >= 15 is 0 Å². The van der Waals surface area contributed by atoms with E-state index < -0.39 is 11.2 Å². The maximum absolute atomic E-state index is 13.1. The van der Waals surface area contributed by atoms with Gasteiger partial charge < -0.3 is 14.6 Å². The van der Waals surface area contributed by atoms with Crippen LogP contribution in [-0.2, 0) is 11.3 Å².